The van der Waals surface area contributed by atoms with Crippen molar-refractivity contribution >= 4 is 5.97 Å². The van der Waals surface area contributed by atoms with Crippen molar-refractivity contribution in [1.29, 1.82) is 0 Å². The molecule has 0 saturated heterocycles. The molecule has 0 rings (SSSR count). The summed E-state index contributed by atoms with van der Waals surface area (Å²) in [5.41, 5.74) is -0.414. The van der Waals surface area contributed by atoms with E-state index in [2.05, 4.69) is 5.32 Å². The second kappa shape index (κ2) is 5.50. The van der Waals surface area contributed by atoms with E-state index in [-0.39, 0.29) is 24.0 Å². The molecule has 0 aliphatic rings. The van der Waals surface area contributed by atoms with Crippen molar-refractivity contribution in [2.45, 2.75) is 66.2 Å². The number of hydrogen-bond acceptors (Lipinski definition) is 3. The highest BCUT2D eigenvalue weighted by Gasteiger charge is 2.27. The summed E-state index contributed by atoms with van der Waals surface area (Å²) < 4.78 is 5.36. The second-order valence-electron chi connectivity index (χ2n) is 5.58. The number of nitrogens with one attached hydrogen (secondary N) is 1. The first kappa shape index (κ1) is 14.4. The molecule has 1 atom stereocenters. The van der Waals surface area contributed by atoms with Crippen molar-refractivity contribution < 1.29 is 9.53 Å². The van der Waals surface area contributed by atoms with Crippen LogP contribution in [0.4, 0.5) is 0 Å². The van der Waals surface area contributed by atoms with Crippen molar-refractivity contribution in [2.24, 2.45) is 5.92 Å². The zero-order valence-corrected chi connectivity index (χ0v) is 11.0. The summed E-state index contributed by atoms with van der Waals surface area (Å²) >= 11 is 0. The molecule has 0 heterocycles. The zero-order valence-electron chi connectivity index (χ0n) is 11.0. The average molecular weight is 215 g/mol. The quantitative estimate of drug-likeness (QED) is 0.732. The summed E-state index contributed by atoms with van der Waals surface area (Å²) in [6, 6.07) is 0.0640. The maximum Gasteiger partial charge on any atom is 0.323 e. The van der Waals surface area contributed by atoms with Crippen LogP contribution in [-0.4, -0.2) is 23.7 Å². The molecular weight excluding hydrogens is 190 g/mol. The third-order valence-electron chi connectivity index (χ3n) is 1.84. The Morgan fingerprint density at radius 1 is 1.13 bits per heavy atom. The van der Waals surface area contributed by atoms with Gasteiger partial charge in [-0.15, -0.1) is 0 Å². The molecule has 3 nitrogen and oxygen atoms in total. The molecule has 0 fully saturated rings. The van der Waals surface area contributed by atoms with E-state index >= 15 is 0 Å². The van der Waals surface area contributed by atoms with Gasteiger partial charge in [0.2, 0.25) is 0 Å². The van der Waals surface area contributed by atoms with Crippen LogP contribution < -0.4 is 5.32 Å². The van der Waals surface area contributed by atoms with Gasteiger partial charge in [-0.1, -0.05) is 27.7 Å². The lowest BCUT2D eigenvalue weighted by atomic mass is 10.0. The molecule has 0 aliphatic heterocycles. The van der Waals surface area contributed by atoms with Crippen LogP contribution in [0.5, 0.6) is 0 Å². The SMILES string of the molecule is CC(C)NC(C(=O)OC(C)(C)C)C(C)C. The molecular formula is C12H25NO2. The van der Waals surface area contributed by atoms with Crippen molar-refractivity contribution in [3.63, 3.8) is 0 Å². The molecule has 0 aliphatic carbocycles. The molecule has 0 spiro atoms. The minimum atomic E-state index is -0.414. The molecule has 0 radical (unpaired) electrons. The summed E-state index contributed by atoms with van der Waals surface area (Å²) in [4.78, 5) is 11.9. The van der Waals surface area contributed by atoms with E-state index in [1.54, 1.807) is 0 Å². The maximum absolute atomic E-state index is 11.9. The lowest BCUT2D eigenvalue weighted by Gasteiger charge is -2.27. The van der Waals surface area contributed by atoms with Crippen molar-refractivity contribution in [3.05, 3.63) is 0 Å². The third kappa shape index (κ3) is 6.50. The Morgan fingerprint density at radius 2 is 1.60 bits per heavy atom. The highest BCUT2D eigenvalue weighted by Crippen LogP contribution is 2.12. The summed E-state index contributed by atoms with van der Waals surface area (Å²) in [5.74, 6) is 0.0773. The second-order valence-corrected chi connectivity index (χ2v) is 5.58. The van der Waals surface area contributed by atoms with E-state index in [0.29, 0.717) is 0 Å². The smallest absolute Gasteiger partial charge is 0.323 e. The predicted molar refractivity (Wildman–Crippen MR) is 62.7 cm³/mol. The van der Waals surface area contributed by atoms with Gasteiger partial charge in [-0.25, -0.2) is 0 Å². The standard InChI is InChI=1S/C12H25NO2/c1-8(2)10(13-9(3)4)11(14)15-12(5,6)7/h8-10,13H,1-7H3. The van der Waals surface area contributed by atoms with Crippen LogP contribution in [-0.2, 0) is 9.53 Å². The lowest BCUT2D eigenvalue weighted by molar-refractivity contribution is -0.159. The van der Waals surface area contributed by atoms with Crippen molar-refractivity contribution in [3.8, 4) is 0 Å². The molecule has 0 saturated carbocycles. The average Bonchev–Trinajstić information content (AvgIpc) is 1.95. The number of carbonyl (C=O) groups excluding carboxylic acids is 1. The molecule has 0 aromatic rings. The Bertz CT molecular complexity index is 204. The third-order valence-corrected chi connectivity index (χ3v) is 1.84. The fraction of sp³-hybridized carbons (Fsp3) is 0.917. The summed E-state index contributed by atoms with van der Waals surface area (Å²) in [7, 11) is 0. The fourth-order valence-corrected chi connectivity index (χ4v) is 1.26. The molecule has 15 heavy (non-hydrogen) atoms. The van der Waals surface area contributed by atoms with E-state index in [1.807, 2.05) is 48.5 Å². The van der Waals surface area contributed by atoms with Gasteiger partial charge >= 0.3 is 5.97 Å². The van der Waals surface area contributed by atoms with Gasteiger partial charge in [-0.3, -0.25) is 4.79 Å². The van der Waals surface area contributed by atoms with Crippen molar-refractivity contribution in [2.75, 3.05) is 0 Å². The first-order chi connectivity index (χ1) is 6.63. The molecule has 0 aromatic heterocycles. The minimum absolute atomic E-state index is 0.161. The Morgan fingerprint density at radius 3 is 1.87 bits per heavy atom. The predicted octanol–water partition coefficient (Wildman–Crippen LogP) is 2.35. The Hall–Kier alpha value is -0.570. The fourth-order valence-electron chi connectivity index (χ4n) is 1.26. The van der Waals surface area contributed by atoms with Crippen LogP contribution in [0.3, 0.4) is 0 Å². The molecule has 0 amide bonds. The Balaban J connectivity index is 4.43. The number of esters is 1. The topological polar surface area (TPSA) is 38.3 Å². The Labute approximate surface area is 93.6 Å². The van der Waals surface area contributed by atoms with Crippen LogP contribution in [0.1, 0.15) is 48.5 Å². The van der Waals surface area contributed by atoms with E-state index < -0.39 is 5.60 Å². The van der Waals surface area contributed by atoms with Gasteiger partial charge in [-0.05, 0) is 26.7 Å². The van der Waals surface area contributed by atoms with Crippen molar-refractivity contribution in [1.82, 2.24) is 5.32 Å². The van der Waals surface area contributed by atoms with Crippen LogP contribution in [0.2, 0.25) is 0 Å². The lowest BCUT2D eigenvalue weighted by Crippen LogP contribution is -2.47. The highest BCUT2D eigenvalue weighted by molar-refractivity contribution is 5.76. The number of ether oxygens (including phenoxy) is 1. The molecule has 3 heteroatoms. The normalized spacial score (nSPS) is 14.5. The summed E-state index contributed by atoms with van der Waals surface area (Å²) in [5, 5.41) is 3.23. The van der Waals surface area contributed by atoms with Crippen LogP contribution >= 0.6 is 0 Å². The molecule has 0 aromatic carbocycles. The van der Waals surface area contributed by atoms with Gasteiger partial charge in [-0.2, -0.15) is 0 Å². The van der Waals surface area contributed by atoms with Crippen LogP contribution in [0, 0.1) is 5.92 Å². The van der Waals surface area contributed by atoms with Gasteiger partial charge < -0.3 is 10.1 Å². The zero-order chi connectivity index (χ0) is 12.2. The molecule has 1 N–H and O–H groups in total. The van der Waals surface area contributed by atoms with Gasteiger partial charge in [0.15, 0.2) is 0 Å². The maximum atomic E-state index is 11.9. The molecule has 0 bridgehead atoms. The largest absolute Gasteiger partial charge is 0.459 e. The van der Waals surface area contributed by atoms with E-state index in [4.69, 9.17) is 4.74 Å². The van der Waals surface area contributed by atoms with E-state index in [0.717, 1.165) is 0 Å². The van der Waals surface area contributed by atoms with E-state index in [9.17, 15) is 4.79 Å². The first-order valence-electron chi connectivity index (χ1n) is 5.62. The van der Waals surface area contributed by atoms with Gasteiger partial charge in [0.05, 0.1) is 0 Å². The Kier molecular flexibility index (Phi) is 5.29. The first-order valence-corrected chi connectivity index (χ1v) is 5.62. The number of hydrogen-bond donors (Lipinski definition) is 1. The molecule has 90 valence electrons. The monoisotopic (exact) mass is 215 g/mol. The summed E-state index contributed by atoms with van der Waals surface area (Å²) in [6.45, 7) is 13.8. The van der Waals surface area contributed by atoms with E-state index in [1.165, 1.54) is 0 Å². The highest BCUT2D eigenvalue weighted by atomic mass is 16.6. The summed E-state index contributed by atoms with van der Waals surface area (Å²) in [6.07, 6.45) is 0. The van der Waals surface area contributed by atoms with Crippen LogP contribution in [0.15, 0.2) is 0 Å². The van der Waals surface area contributed by atoms with Gasteiger partial charge in [0.25, 0.3) is 0 Å². The van der Waals surface area contributed by atoms with Gasteiger partial charge in [0.1, 0.15) is 11.6 Å². The van der Waals surface area contributed by atoms with Crippen LogP contribution in [0.25, 0.3) is 0 Å². The molecule has 1 unspecified atom stereocenters. The minimum Gasteiger partial charge on any atom is -0.459 e. The van der Waals surface area contributed by atoms with Gasteiger partial charge in [0, 0.05) is 6.04 Å². The number of carbonyl (C=O) groups is 1. The number of rotatable bonds is 4.